The minimum atomic E-state index is 0.187. The highest BCUT2D eigenvalue weighted by atomic mass is 16.5. The van der Waals surface area contributed by atoms with Crippen molar-refractivity contribution in [3.63, 3.8) is 0 Å². The van der Waals surface area contributed by atoms with E-state index < -0.39 is 0 Å². The summed E-state index contributed by atoms with van der Waals surface area (Å²) in [6, 6.07) is 8.70. The molecule has 0 spiro atoms. The van der Waals surface area contributed by atoms with E-state index in [0.717, 1.165) is 18.7 Å². The van der Waals surface area contributed by atoms with Gasteiger partial charge >= 0.3 is 0 Å². The first kappa shape index (κ1) is 13.0. The van der Waals surface area contributed by atoms with Gasteiger partial charge in [-0.25, -0.2) is 0 Å². The third-order valence-corrected chi connectivity index (χ3v) is 2.86. The number of nitrogens with one attached hydrogen (secondary N) is 1. The molecule has 90 valence electrons. The van der Waals surface area contributed by atoms with Crippen LogP contribution < -0.4 is 10.1 Å². The molecule has 0 aliphatic carbocycles. The fourth-order valence-electron chi connectivity index (χ4n) is 1.64. The molecule has 0 radical (unpaired) electrons. The van der Waals surface area contributed by atoms with Crippen LogP contribution in [0.15, 0.2) is 24.3 Å². The highest BCUT2D eigenvalue weighted by molar-refractivity contribution is 5.28. The summed E-state index contributed by atoms with van der Waals surface area (Å²) in [6.45, 7) is 9.50. The van der Waals surface area contributed by atoms with Gasteiger partial charge in [-0.1, -0.05) is 26.0 Å². The van der Waals surface area contributed by atoms with Crippen molar-refractivity contribution in [3.05, 3.63) is 29.8 Å². The van der Waals surface area contributed by atoms with Gasteiger partial charge in [0.05, 0.1) is 0 Å². The van der Waals surface area contributed by atoms with Crippen LogP contribution in [0.25, 0.3) is 0 Å². The summed E-state index contributed by atoms with van der Waals surface area (Å²) >= 11 is 0. The van der Waals surface area contributed by atoms with Crippen LogP contribution in [0.4, 0.5) is 0 Å². The molecule has 2 atom stereocenters. The van der Waals surface area contributed by atoms with Gasteiger partial charge in [-0.15, -0.1) is 0 Å². The second-order valence-electron chi connectivity index (χ2n) is 4.17. The molecule has 2 heteroatoms. The SMILES string of the molecule is CCNC(C)C(C)Oc1cccc(CC)c1. The normalized spacial score (nSPS) is 14.5. The molecule has 0 aliphatic rings. The van der Waals surface area contributed by atoms with Crippen LogP contribution in [0.2, 0.25) is 0 Å². The Morgan fingerprint density at radius 1 is 1.25 bits per heavy atom. The lowest BCUT2D eigenvalue weighted by Crippen LogP contribution is -2.38. The fraction of sp³-hybridized carbons (Fsp3) is 0.571. The van der Waals surface area contributed by atoms with Gasteiger partial charge in [0.2, 0.25) is 0 Å². The van der Waals surface area contributed by atoms with Crippen LogP contribution >= 0.6 is 0 Å². The molecule has 0 saturated carbocycles. The van der Waals surface area contributed by atoms with Gasteiger partial charge < -0.3 is 10.1 Å². The van der Waals surface area contributed by atoms with Crippen LogP contribution in [0.3, 0.4) is 0 Å². The van der Waals surface area contributed by atoms with Crippen molar-refractivity contribution < 1.29 is 4.74 Å². The van der Waals surface area contributed by atoms with Crippen LogP contribution in [-0.4, -0.2) is 18.7 Å². The molecule has 0 bridgehead atoms. The van der Waals surface area contributed by atoms with E-state index in [1.807, 2.05) is 6.07 Å². The molecule has 1 aromatic rings. The molecule has 0 aromatic heterocycles. The van der Waals surface area contributed by atoms with Crippen LogP contribution in [0, 0.1) is 0 Å². The van der Waals surface area contributed by atoms with E-state index in [2.05, 4.69) is 51.2 Å². The summed E-state index contributed by atoms with van der Waals surface area (Å²) in [4.78, 5) is 0. The monoisotopic (exact) mass is 221 g/mol. The lowest BCUT2D eigenvalue weighted by molar-refractivity contribution is 0.179. The predicted octanol–water partition coefficient (Wildman–Crippen LogP) is 3.01. The second kappa shape index (κ2) is 6.54. The molecular weight excluding hydrogens is 198 g/mol. The minimum absolute atomic E-state index is 0.187. The molecule has 0 fully saturated rings. The number of rotatable bonds is 6. The van der Waals surface area contributed by atoms with E-state index in [-0.39, 0.29) is 6.10 Å². The van der Waals surface area contributed by atoms with Crippen molar-refractivity contribution in [3.8, 4) is 5.75 Å². The second-order valence-corrected chi connectivity index (χ2v) is 4.17. The highest BCUT2D eigenvalue weighted by Gasteiger charge is 2.12. The van der Waals surface area contributed by atoms with Crippen molar-refractivity contribution in [1.29, 1.82) is 0 Å². The van der Waals surface area contributed by atoms with Crippen molar-refractivity contribution in [2.75, 3.05) is 6.54 Å². The molecular formula is C14H23NO. The maximum absolute atomic E-state index is 5.91. The fourth-order valence-corrected chi connectivity index (χ4v) is 1.64. The molecule has 1 N–H and O–H groups in total. The molecule has 2 unspecified atom stereocenters. The third kappa shape index (κ3) is 3.86. The minimum Gasteiger partial charge on any atom is -0.489 e. The molecule has 0 heterocycles. The zero-order valence-corrected chi connectivity index (χ0v) is 10.8. The van der Waals surface area contributed by atoms with E-state index >= 15 is 0 Å². The van der Waals surface area contributed by atoms with Crippen molar-refractivity contribution >= 4 is 0 Å². The Labute approximate surface area is 99.0 Å². The zero-order chi connectivity index (χ0) is 12.0. The lowest BCUT2D eigenvalue weighted by atomic mass is 10.1. The summed E-state index contributed by atoms with van der Waals surface area (Å²) in [6.07, 6.45) is 1.24. The molecule has 1 aromatic carbocycles. The molecule has 0 amide bonds. The van der Waals surface area contributed by atoms with E-state index in [1.165, 1.54) is 5.56 Å². The number of aryl methyl sites for hydroxylation is 1. The van der Waals surface area contributed by atoms with Crippen molar-refractivity contribution in [2.45, 2.75) is 46.3 Å². The van der Waals surface area contributed by atoms with Gasteiger partial charge in [-0.05, 0) is 44.5 Å². The molecule has 16 heavy (non-hydrogen) atoms. The average molecular weight is 221 g/mol. The number of ether oxygens (including phenoxy) is 1. The Bertz CT molecular complexity index is 311. The Morgan fingerprint density at radius 3 is 2.62 bits per heavy atom. The summed E-state index contributed by atoms with van der Waals surface area (Å²) in [7, 11) is 0. The Balaban J connectivity index is 2.58. The average Bonchev–Trinajstić information content (AvgIpc) is 2.29. The molecule has 0 aliphatic heterocycles. The zero-order valence-electron chi connectivity index (χ0n) is 10.8. The van der Waals surface area contributed by atoms with E-state index in [4.69, 9.17) is 4.74 Å². The Kier molecular flexibility index (Phi) is 5.33. The predicted molar refractivity (Wildman–Crippen MR) is 69.0 cm³/mol. The summed E-state index contributed by atoms with van der Waals surface area (Å²) < 4.78 is 5.91. The topological polar surface area (TPSA) is 21.3 Å². The lowest BCUT2D eigenvalue weighted by Gasteiger charge is -2.22. The van der Waals surface area contributed by atoms with Crippen LogP contribution in [0.5, 0.6) is 5.75 Å². The van der Waals surface area contributed by atoms with E-state index in [1.54, 1.807) is 0 Å². The summed E-state index contributed by atoms with van der Waals surface area (Å²) in [5.74, 6) is 0.969. The molecule has 1 rings (SSSR count). The van der Waals surface area contributed by atoms with Gasteiger partial charge in [0.15, 0.2) is 0 Å². The highest BCUT2D eigenvalue weighted by Crippen LogP contribution is 2.16. The van der Waals surface area contributed by atoms with Crippen molar-refractivity contribution in [1.82, 2.24) is 5.32 Å². The van der Waals surface area contributed by atoms with Gasteiger partial charge in [0, 0.05) is 6.04 Å². The maximum Gasteiger partial charge on any atom is 0.120 e. The third-order valence-electron chi connectivity index (χ3n) is 2.86. The first-order valence-corrected chi connectivity index (χ1v) is 6.16. The number of benzene rings is 1. The van der Waals surface area contributed by atoms with Crippen LogP contribution in [0.1, 0.15) is 33.3 Å². The van der Waals surface area contributed by atoms with Crippen molar-refractivity contribution in [2.24, 2.45) is 0 Å². The summed E-state index contributed by atoms with van der Waals surface area (Å²) in [5.41, 5.74) is 1.32. The van der Waals surface area contributed by atoms with Crippen LogP contribution in [-0.2, 0) is 6.42 Å². The first-order valence-electron chi connectivity index (χ1n) is 6.16. The Hall–Kier alpha value is -1.02. The number of hydrogen-bond acceptors (Lipinski definition) is 2. The summed E-state index contributed by atoms with van der Waals surface area (Å²) in [5, 5.41) is 3.37. The van der Waals surface area contributed by atoms with Gasteiger partial charge in [-0.2, -0.15) is 0 Å². The number of likely N-dealkylation sites (N-methyl/N-ethyl adjacent to an activating group) is 1. The molecule has 2 nitrogen and oxygen atoms in total. The van der Waals surface area contributed by atoms with Gasteiger partial charge in [-0.3, -0.25) is 0 Å². The Morgan fingerprint density at radius 2 is 2.00 bits per heavy atom. The quantitative estimate of drug-likeness (QED) is 0.797. The first-order chi connectivity index (χ1) is 7.67. The standard InChI is InChI=1S/C14H23NO/c1-5-13-8-7-9-14(10-13)16-12(4)11(3)15-6-2/h7-12,15H,5-6H2,1-4H3. The number of hydrogen-bond donors (Lipinski definition) is 1. The molecule has 0 saturated heterocycles. The van der Waals surface area contributed by atoms with E-state index in [9.17, 15) is 0 Å². The van der Waals surface area contributed by atoms with Gasteiger partial charge in [0.25, 0.3) is 0 Å². The maximum atomic E-state index is 5.91. The largest absolute Gasteiger partial charge is 0.489 e. The smallest absolute Gasteiger partial charge is 0.120 e. The van der Waals surface area contributed by atoms with E-state index in [0.29, 0.717) is 6.04 Å². The van der Waals surface area contributed by atoms with Gasteiger partial charge in [0.1, 0.15) is 11.9 Å².